The van der Waals surface area contributed by atoms with Crippen LogP contribution in [0.15, 0.2) is 34.7 Å². The first-order chi connectivity index (χ1) is 14.6. The number of fused-ring (bicyclic) bond motifs is 1. The van der Waals surface area contributed by atoms with E-state index in [4.69, 9.17) is 0 Å². The minimum atomic E-state index is -0.136. The van der Waals surface area contributed by atoms with Crippen LogP contribution in [0.1, 0.15) is 44.2 Å². The number of rotatable bonds is 7. The molecule has 0 saturated heterocycles. The highest BCUT2D eigenvalue weighted by Crippen LogP contribution is 2.38. The van der Waals surface area contributed by atoms with E-state index in [1.807, 2.05) is 37.3 Å². The molecule has 0 radical (unpaired) electrons. The van der Waals surface area contributed by atoms with Crippen LogP contribution in [0.4, 0.5) is 5.00 Å². The van der Waals surface area contributed by atoms with E-state index in [-0.39, 0.29) is 17.6 Å². The molecule has 2 heterocycles. The number of thiophene rings is 1. The largest absolute Gasteiger partial charge is 0.348 e. The maximum atomic E-state index is 13.1. The van der Waals surface area contributed by atoms with Gasteiger partial charge in [-0.05, 0) is 43.7 Å². The summed E-state index contributed by atoms with van der Waals surface area (Å²) in [6.45, 7) is 2.35. The molecule has 1 aliphatic rings. The first-order valence-electron chi connectivity index (χ1n) is 9.79. The number of carbonyl (C=O) groups excluding carboxylic acids is 2. The Balaban J connectivity index is 1.47. The molecule has 0 atom stereocenters. The summed E-state index contributed by atoms with van der Waals surface area (Å²) in [5, 5.41) is 15.5. The Morgan fingerprint density at radius 3 is 2.67 bits per heavy atom. The summed E-state index contributed by atoms with van der Waals surface area (Å²) < 4.78 is 0.772. The highest BCUT2D eigenvalue weighted by atomic mass is 32.2. The number of aryl methyl sites for hydroxylation is 2. The summed E-state index contributed by atoms with van der Waals surface area (Å²) in [6, 6.07) is 9.83. The van der Waals surface area contributed by atoms with Crippen molar-refractivity contribution in [3.63, 3.8) is 0 Å². The lowest BCUT2D eigenvalue weighted by molar-refractivity contribution is -0.113. The third-order valence-corrected chi connectivity index (χ3v) is 7.96. The zero-order valence-electron chi connectivity index (χ0n) is 16.6. The molecule has 0 saturated carbocycles. The first kappa shape index (κ1) is 21.0. The average Bonchev–Trinajstić information content (AvgIpc) is 3.34. The number of carbonyl (C=O) groups is 2. The van der Waals surface area contributed by atoms with Crippen molar-refractivity contribution in [2.24, 2.45) is 0 Å². The molecule has 30 heavy (non-hydrogen) atoms. The smallest absolute Gasteiger partial charge is 0.254 e. The van der Waals surface area contributed by atoms with Gasteiger partial charge in [0.25, 0.3) is 5.91 Å². The van der Waals surface area contributed by atoms with Gasteiger partial charge in [0, 0.05) is 11.4 Å². The second-order valence-corrected chi connectivity index (χ2v) is 10.5. The zero-order valence-corrected chi connectivity index (χ0v) is 19.0. The third kappa shape index (κ3) is 5.08. The van der Waals surface area contributed by atoms with Gasteiger partial charge in [0.05, 0.1) is 11.3 Å². The molecule has 4 rings (SSSR count). The molecule has 2 N–H and O–H groups in total. The monoisotopic (exact) mass is 458 g/mol. The maximum Gasteiger partial charge on any atom is 0.254 e. The van der Waals surface area contributed by atoms with Crippen molar-refractivity contribution in [3.8, 4) is 0 Å². The fourth-order valence-corrected chi connectivity index (χ4v) is 6.31. The van der Waals surface area contributed by atoms with Gasteiger partial charge in [0.2, 0.25) is 5.91 Å². The third-order valence-electron chi connectivity index (χ3n) is 4.78. The lowest BCUT2D eigenvalue weighted by Gasteiger charge is -2.13. The number of anilines is 1. The van der Waals surface area contributed by atoms with Crippen molar-refractivity contribution in [1.82, 2.24) is 15.5 Å². The van der Waals surface area contributed by atoms with Crippen LogP contribution in [0.25, 0.3) is 0 Å². The van der Waals surface area contributed by atoms with Gasteiger partial charge in [-0.15, -0.1) is 21.5 Å². The molecule has 9 heteroatoms. The van der Waals surface area contributed by atoms with Crippen LogP contribution in [0.5, 0.6) is 0 Å². The minimum Gasteiger partial charge on any atom is -0.348 e. The summed E-state index contributed by atoms with van der Waals surface area (Å²) in [6.07, 6.45) is 4.04. The van der Waals surface area contributed by atoms with Crippen molar-refractivity contribution < 1.29 is 9.59 Å². The number of aromatic nitrogens is 2. The maximum absolute atomic E-state index is 13.1. The molecule has 1 aromatic carbocycles. The predicted molar refractivity (Wildman–Crippen MR) is 123 cm³/mol. The van der Waals surface area contributed by atoms with Crippen LogP contribution < -0.4 is 10.6 Å². The lowest BCUT2D eigenvalue weighted by atomic mass is 9.95. The van der Waals surface area contributed by atoms with Crippen LogP contribution in [0.3, 0.4) is 0 Å². The van der Waals surface area contributed by atoms with Gasteiger partial charge in [-0.25, -0.2) is 0 Å². The summed E-state index contributed by atoms with van der Waals surface area (Å²) in [5.74, 6) is -0.0213. The van der Waals surface area contributed by atoms with Crippen molar-refractivity contribution in [2.45, 2.75) is 43.5 Å². The number of hydrogen-bond acceptors (Lipinski definition) is 7. The van der Waals surface area contributed by atoms with Crippen LogP contribution in [0, 0.1) is 6.92 Å². The Hall–Kier alpha value is -2.23. The molecule has 156 valence electrons. The molecule has 0 fully saturated rings. The molecule has 6 nitrogen and oxygen atoms in total. The molecule has 0 aliphatic heterocycles. The van der Waals surface area contributed by atoms with Crippen molar-refractivity contribution in [1.29, 1.82) is 0 Å². The summed E-state index contributed by atoms with van der Waals surface area (Å²) >= 11 is 4.37. The summed E-state index contributed by atoms with van der Waals surface area (Å²) in [4.78, 5) is 26.8. The highest BCUT2D eigenvalue weighted by molar-refractivity contribution is 8.01. The van der Waals surface area contributed by atoms with Crippen LogP contribution in [0.2, 0.25) is 0 Å². The topological polar surface area (TPSA) is 84.0 Å². The molecule has 0 unspecified atom stereocenters. The van der Waals surface area contributed by atoms with Gasteiger partial charge in [-0.1, -0.05) is 53.4 Å². The quantitative estimate of drug-likeness (QED) is 0.511. The fraction of sp³-hybridized carbons (Fsp3) is 0.333. The number of amides is 2. The van der Waals surface area contributed by atoms with Gasteiger partial charge >= 0.3 is 0 Å². The zero-order chi connectivity index (χ0) is 20.9. The van der Waals surface area contributed by atoms with E-state index in [1.165, 1.54) is 39.3 Å². The Morgan fingerprint density at radius 1 is 1.10 bits per heavy atom. The van der Waals surface area contributed by atoms with E-state index in [0.717, 1.165) is 46.2 Å². The first-order valence-corrected chi connectivity index (χ1v) is 12.4. The standard InChI is InChI=1S/C21H22N4O2S3/c1-13-24-25-21(29-13)28-12-17(26)23-20-18(15-9-5-6-10-16(15)30-20)19(27)22-11-14-7-3-2-4-8-14/h2-4,7-8H,5-6,9-12H2,1H3,(H,22,27)(H,23,26). The van der Waals surface area contributed by atoms with Gasteiger partial charge in [0.1, 0.15) is 10.0 Å². The number of nitrogens with zero attached hydrogens (tertiary/aromatic N) is 2. The van der Waals surface area contributed by atoms with Gasteiger partial charge in [-0.2, -0.15) is 0 Å². The Kier molecular flexibility index (Phi) is 6.81. The normalized spacial score (nSPS) is 13.0. The number of nitrogens with one attached hydrogen (secondary N) is 2. The Bertz CT molecular complexity index is 1050. The molecular formula is C21H22N4O2S3. The van der Waals surface area contributed by atoms with Crippen LogP contribution in [-0.2, 0) is 24.2 Å². The number of thioether (sulfide) groups is 1. The lowest BCUT2D eigenvalue weighted by Crippen LogP contribution is -2.25. The van der Waals surface area contributed by atoms with E-state index in [2.05, 4.69) is 20.8 Å². The van der Waals surface area contributed by atoms with Gasteiger partial charge in [-0.3, -0.25) is 9.59 Å². The van der Waals surface area contributed by atoms with E-state index in [0.29, 0.717) is 17.1 Å². The Morgan fingerprint density at radius 2 is 1.90 bits per heavy atom. The SMILES string of the molecule is Cc1nnc(SCC(=O)Nc2sc3c(c2C(=O)NCc2ccccc2)CCCC3)s1. The number of hydrogen-bond donors (Lipinski definition) is 2. The van der Waals surface area contributed by atoms with Crippen molar-refractivity contribution in [2.75, 3.05) is 11.1 Å². The predicted octanol–water partition coefficient (Wildman–Crippen LogP) is 4.45. The molecule has 0 spiro atoms. The molecule has 2 amide bonds. The van der Waals surface area contributed by atoms with Crippen LogP contribution in [-0.4, -0.2) is 27.8 Å². The minimum absolute atomic E-state index is 0.124. The highest BCUT2D eigenvalue weighted by Gasteiger charge is 2.26. The summed E-state index contributed by atoms with van der Waals surface area (Å²) in [5.41, 5.74) is 2.78. The fourth-order valence-electron chi connectivity index (χ4n) is 3.39. The van der Waals surface area contributed by atoms with Gasteiger partial charge < -0.3 is 10.6 Å². The Labute approximate surface area is 187 Å². The van der Waals surface area contributed by atoms with Crippen molar-refractivity contribution >= 4 is 51.3 Å². The average molecular weight is 459 g/mol. The second kappa shape index (κ2) is 9.72. The van der Waals surface area contributed by atoms with Crippen LogP contribution >= 0.6 is 34.4 Å². The van der Waals surface area contributed by atoms with E-state index < -0.39 is 0 Å². The van der Waals surface area contributed by atoms with Gasteiger partial charge in [0.15, 0.2) is 4.34 Å². The van der Waals surface area contributed by atoms with E-state index >= 15 is 0 Å². The molecular weight excluding hydrogens is 436 g/mol. The van der Waals surface area contributed by atoms with Crippen molar-refractivity contribution in [3.05, 3.63) is 56.9 Å². The molecule has 3 aromatic rings. The van der Waals surface area contributed by atoms with E-state index in [9.17, 15) is 9.59 Å². The summed E-state index contributed by atoms with van der Waals surface area (Å²) in [7, 11) is 0. The molecule has 2 aromatic heterocycles. The second-order valence-electron chi connectivity index (χ2n) is 7.01. The molecule has 1 aliphatic carbocycles. The molecule has 0 bridgehead atoms. The number of benzene rings is 1. The van der Waals surface area contributed by atoms with E-state index in [1.54, 1.807) is 0 Å².